The van der Waals surface area contributed by atoms with Gasteiger partial charge in [-0.15, -0.1) is 0 Å². The fraction of sp³-hybridized carbons (Fsp3) is 0.360. The van der Waals surface area contributed by atoms with Gasteiger partial charge in [0.2, 0.25) is 5.75 Å². The number of carbonyl (C=O) groups is 2. The van der Waals surface area contributed by atoms with E-state index < -0.39 is 17.7 Å². The largest absolute Gasteiger partial charge is 0.507 e. The van der Waals surface area contributed by atoms with Gasteiger partial charge in [-0.2, -0.15) is 0 Å². The summed E-state index contributed by atoms with van der Waals surface area (Å²) in [7, 11) is 5.94. The maximum absolute atomic E-state index is 13.1. The first-order valence-electron chi connectivity index (χ1n) is 10.7. The van der Waals surface area contributed by atoms with E-state index in [-0.39, 0.29) is 24.5 Å². The molecule has 9 nitrogen and oxygen atoms in total. The summed E-state index contributed by atoms with van der Waals surface area (Å²) in [6.07, 6.45) is 0. The molecular formula is C25H29NO8. The molecule has 1 N–H and O–H groups in total. The van der Waals surface area contributed by atoms with Crippen molar-refractivity contribution in [2.45, 2.75) is 13.0 Å². The number of nitrogens with zero attached hydrogens (tertiary/aromatic N) is 1. The summed E-state index contributed by atoms with van der Waals surface area (Å²) < 4.78 is 26.9. The summed E-state index contributed by atoms with van der Waals surface area (Å²) in [5.74, 6) is -0.107. The molecular weight excluding hydrogens is 442 g/mol. The highest BCUT2D eigenvalue weighted by molar-refractivity contribution is 6.46. The smallest absolute Gasteiger partial charge is 0.295 e. The Bertz CT molecular complexity index is 1050. The van der Waals surface area contributed by atoms with Crippen molar-refractivity contribution in [3.63, 3.8) is 0 Å². The maximum Gasteiger partial charge on any atom is 0.295 e. The molecule has 1 aliphatic rings. The van der Waals surface area contributed by atoms with Crippen LogP contribution >= 0.6 is 0 Å². The number of rotatable bonds is 10. The van der Waals surface area contributed by atoms with Gasteiger partial charge in [0.25, 0.3) is 11.7 Å². The second kappa shape index (κ2) is 10.9. The van der Waals surface area contributed by atoms with Crippen LogP contribution < -0.4 is 18.9 Å². The van der Waals surface area contributed by atoms with Crippen molar-refractivity contribution < 1.29 is 38.4 Å². The summed E-state index contributed by atoms with van der Waals surface area (Å²) in [6, 6.07) is 9.06. The summed E-state index contributed by atoms with van der Waals surface area (Å²) in [5, 5.41) is 11.2. The lowest BCUT2D eigenvalue weighted by Gasteiger charge is -2.26. The molecule has 182 valence electrons. The van der Waals surface area contributed by atoms with Gasteiger partial charge in [-0.25, -0.2) is 0 Å². The molecule has 0 spiro atoms. The highest BCUT2D eigenvalue weighted by Crippen LogP contribution is 2.45. The Kier molecular flexibility index (Phi) is 8.01. The SMILES string of the molecule is CCOc1ccc(/C(O)=C2\C(=O)C(=O)N(CCOC)[C@H]2c2cc(OC)c(OC)c(OC)c2)cc1. The number of ketones is 1. The first-order valence-corrected chi connectivity index (χ1v) is 10.7. The zero-order valence-corrected chi connectivity index (χ0v) is 19.9. The van der Waals surface area contributed by atoms with Crippen LogP contribution in [0.4, 0.5) is 0 Å². The third-order valence-corrected chi connectivity index (χ3v) is 5.52. The van der Waals surface area contributed by atoms with E-state index in [2.05, 4.69) is 0 Å². The molecule has 0 unspecified atom stereocenters. The molecule has 34 heavy (non-hydrogen) atoms. The number of Topliss-reactive ketones (excluding diaryl/α,β-unsaturated/α-hetero) is 1. The number of methoxy groups -OCH3 is 4. The lowest BCUT2D eigenvalue weighted by Crippen LogP contribution is -2.32. The molecule has 0 saturated carbocycles. The minimum absolute atomic E-state index is 0.0421. The summed E-state index contributed by atoms with van der Waals surface area (Å²) in [4.78, 5) is 27.5. The quantitative estimate of drug-likeness (QED) is 0.320. The Labute approximate surface area is 198 Å². The van der Waals surface area contributed by atoms with Gasteiger partial charge in [0, 0.05) is 19.2 Å². The molecule has 1 saturated heterocycles. The minimum atomic E-state index is -0.893. The molecule has 0 aliphatic carbocycles. The van der Waals surface area contributed by atoms with Gasteiger partial charge >= 0.3 is 0 Å². The Morgan fingerprint density at radius 3 is 2.09 bits per heavy atom. The van der Waals surface area contributed by atoms with E-state index >= 15 is 0 Å². The normalized spacial score (nSPS) is 17.1. The molecule has 2 aromatic rings. The predicted octanol–water partition coefficient (Wildman–Crippen LogP) is 3.18. The molecule has 0 aromatic heterocycles. The van der Waals surface area contributed by atoms with Crippen LogP contribution in [0.1, 0.15) is 24.1 Å². The predicted molar refractivity (Wildman–Crippen MR) is 125 cm³/mol. The number of aliphatic hydroxyl groups is 1. The van der Waals surface area contributed by atoms with E-state index in [0.29, 0.717) is 40.7 Å². The minimum Gasteiger partial charge on any atom is -0.507 e. The third kappa shape index (κ3) is 4.65. The standard InChI is InChI=1S/C25H29NO8/c1-6-34-17-9-7-15(8-10-17)22(27)20-21(26(11-12-30-2)25(29)23(20)28)16-13-18(31-3)24(33-5)19(14-16)32-4/h7-10,13-14,21,27H,6,11-12H2,1-5H3/b22-20+/t21-/m0/s1. The van der Waals surface area contributed by atoms with E-state index in [1.807, 2.05) is 6.92 Å². The molecule has 1 fully saturated rings. The Balaban J connectivity index is 2.21. The lowest BCUT2D eigenvalue weighted by molar-refractivity contribution is -0.140. The van der Waals surface area contributed by atoms with Crippen LogP contribution in [-0.2, 0) is 14.3 Å². The van der Waals surface area contributed by atoms with Crippen molar-refractivity contribution in [1.29, 1.82) is 0 Å². The average Bonchev–Trinajstić information content (AvgIpc) is 3.11. The second-order valence-electron chi connectivity index (χ2n) is 7.40. The van der Waals surface area contributed by atoms with Crippen molar-refractivity contribution in [3.05, 3.63) is 53.1 Å². The molecule has 0 bridgehead atoms. The molecule has 1 aliphatic heterocycles. The van der Waals surface area contributed by atoms with E-state index in [0.717, 1.165) is 0 Å². The zero-order chi connectivity index (χ0) is 24.8. The fourth-order valence-corrected chi connectivity index (χ4v) is 3.94. The van der Waals surface area contributed by atoms with Crippen LogP contribution in [0.5, 0.6) is 23.0 Å². The number of likely N-dealkylation sites (tertiary alicyclic amines) is 1. The number of hydrogen-bond acceptors (Lipinski definition) is 8. The topological polar surface area (TPSA) is 104 Å². The van der Waals surface area contributed by atoms with Crippen molar-refractivity contribution in [1.82, 2.24) is 4.90 Å². The van der Waals surface area contributed by atoms with Gasteiger partial charge in [0.1, 0.15) is 11.5 Å². The van der Waals surface area contributed by atoms with Gasteiger partial charge in [-0.3, -0.25) is 9.59 Å². The Hall–Kier alpha value is -3.72. The highest BCUT2D eigenvalue weighted by Gasteiger charge is 2.46. The van der Waals surface area contributed by atoms with Crippen LogP contribution in [-0.4, -0.2) is 69.9 Å². The Morgan fingerprint density at radius 2 is 1.59 bits per heavy atom. The van der Waals surface area contributed by atoms with Gasteiger partial charge in [-0.1, -0.05) is 0 Å². The third-order valence-electron chi connectivity index (χ3n) is 5.52. The van der Waals surface area contributed by atoms with Crippen molar-refractivity contribution >= 4 is 17.4 Å². The fourth-order valence-electron chi connectivity index (χ4n) is 3.94. The molecule has 1 atom stereocenters. The summed E-state index contributed by atoms with van der Waals surface area (Å²) in [6.45, 7) is 2.71. The van der Waals surface area contributed by atoms with Gasteiger partial charge in [0.15, 0.2) is 11.5 Å². The summed E-state index contributed by atoms with van der Waals surface area (Å²) >= 11 is 0. The highest BCUT2D eigenvalue weighted by atomic mass is 16.5. The van der Waals surface area contributed by atoms with Crippen LogP contribution in [0.25, 0.3) is 5.76 Å². The van der Waals surface area contributed by atoms with Gasteiger partial charge in [-0.05, 0) is 48.9 Å². The van der Waals surface area contributed by atoms with E-state index in [4.69, 9.17) is 23.7 Å². The van der Waals surface area contributed by atoms with Crippen LogP contribution in [0, 0.1) is 0 Å². The van der Waals surface area contributed by atoms with Gasteiger partial charge < -0.3 is 33.7 Å². The van der Waals surface area contributed by atoms with Crippen molar-refractivity contribution in [2.75, 3.05) is 48.2 Å². The maximum atomic E-state index is 13.1. The van der Waals surface area contributed by atoms with Crippen molar-refractivity contribution in [3.8, 4) is 23.0 Å². The van der Waals surface area contributed by atoms with E-state index in [9.17, 15) is 14.7 Å². The van der Waals surface area contributed by atoms with Crippen LogP contribution in [0.2, 0.25) is 0 Å². The number of benzene rings is 2. The Morgan fingerprint density at radius 1 is 0.971 bits per heavy atom. The first-order chi connectivity index (χ1) is 16.4. The molecule has 1 heterocycles. The molecule has 3 rings (SSSR count). The lowest BCUT2D eigenvalue weighted by atomic mass is 9.94. The monoisotopic (exact) mass is 471 g/mol. The molecule has 0 radical (unpaired) electrons. The molecule has 1 amide bonds. The molecule has 9 heteroatoms. The number of carbonyl (C=O) groups excluding carboxylic acids is 2. The van der Waals surface area contributed by atoms with Gasteiger partial charge in [0.05, 0.1) is 46.2 Å². The number of amides is 1. The average molecular weight is 472 g/mol. The molecule has 2 aromatic carbocycles. The van der Waals surface area contributed by atoms with Crippen LogP contribution in [0.3, 0.4) is 0 Å². The zero-order valence-electron chi connectivity index (χ0n) is 19.9. The van der Waals surface area contributed by atoms with Crippen LogP contribution in [0.15, 0.2) is 42.0 Å². The summed E-state index contributed by atoms with van der Waals surface area (Å²) in [5.41, 5.74) is 0.850. The number of ether oxygens (including phenoxy) is 5. The number of hydrogen-bond donors (Lipinski definition) is 1. The van der Waals surface area contributed by atoms with E-state index in [1.54, 1.807) is 36.4 Å². The second-order valence-corrected chi connectivity index (χ2v) is 7.40. The van der Waals surface area contributed by atoms with Crippen molar-refractivity contribution in [2.24, 2.45) is 0 Å². The van der Waals surface area contributed by atoms with E-state index in [1.165, 1.54) is 33.3 Å². The first kappa shape index (κ1) is 24.9. The number of aliphatic hydroxyl groups excluding tert-OH is 1.